The van der Waals surface area contributed by atoms with Crippen LogP contribution < -0.4 is 0 Å². The molecule has 1 aromatic rings. The Kier molecular flexibility index (Phi) is 7.43. The minimum atomic E-state index is -1.03. The molecule has 22 heavy (non-hydrogen) atoms. The van der Waals surface area contributed by atoms with Gasteiger partial charge in [0.15, 0.2) is 0 Å². The van der Waals surface area contributed by atoms with Gasteiger partial charge in [0.05, 0.1) is 5.56 Å². The third-order valence-corrected chi connectivity index (χ3v) is 3.20. The van der Waals surface area contributed by atoms with E-state index in [9.17, 15) is 4.79 Å². The summed E-state index contributed by atoms with van der Waals surface area (Å²) in [5.41, 5.74) is 1.59. The van der Waals surface area contributed by atoms with Gasteiger partial charge in [-0.2, -0.15) is 0 Å². The molecule has 0 saturated carbocycles. The molecule has 5 heteroatoms. The van der Waals surface area contributed by atoms with Crippen molar-refractivity contribution in [2.45, 2.75) is 20.0 Å². The van der Waals surface area contributed by atoms with Crippen LogP contribution in [-0.2, 0) is 11.3 Å². The van der Waals surface area contributed by atoms with Crippen LogP contribution in [0.25, 0.3) is 0 Å². The Bertz CT molecular complexity index is 603. The molecular weight excluding hydrogens is 304 g/mol. The van der Waals surface area contributed by atoms with Gasteiger partial charge in [-0.15, -0.1) is 0 Å². The summed E-state index contributed by atoms with van der Waals surface area (Å²) in [6.07, 6.45) is 5.92. The largest absolute Gasteiger partial charge is 0.490 e. The molecule has 0 saturated heterocycles. The van der Waals surface area contributed by atoms with E-state index in [-0.39, 0.29) is 18.8 Å². The summed E-state index contributed by atoms with van der Waals surface area (Å²) in [7, 11) is 0. The Morgan fingerprint density at radius 2 is 2.14 bits per heavy atom. The number of aliphatic hydroxyl groups is 1. The second-order valence-corrected chi connectivity index (χ2v) is 4.97. The van der Waals surface area contributed by atoms with Crippen molar-refractivity contribution in [3.8, 4) is 0 Å². The number of rotatable bonds is 8. The van der Waals surface area contributed by atoms with Gasteiger partial charge in [0.1, 0.15) is 12.4 Å². The van der Waals surface area contributed by atoms with Crippen molar-refractivity contribution in [2.75, 3.05) is 6.61 Å². The van der Waals surface area contributed by atoms with Gasteiger partial charge in [-0.25, -0.2) is 4.79 Å². The molecular formula is C17H19ClO4. The minimum absolute atomic E-state index is 0.0660. The van der Waals surface area contributed by atoms with E-state index in [2.05, 4.69) is 6.58 Å². The smallest absolute Gasteiger partial charge is 0.336 e. The predicted molar refractivity (Wildman–Crippen MR) is 86.9 cm³/mol. The van der Waals surface area contributed by atoms with Gasteiger partial charge in [-0.3, -0.25) is 0 Å². The van der Waals surface area contributed by atoms with Gasteiger partial charge in [-0.1, -0.05) is 30.3 Å². The number of halogens is 1. The standard InChI is InChI=1S/C17H19ClO4/c1-3-13(8-9-19)5-4-12(2)22-11-14-10-15(18)6-7-16(14)17(20)21/h3-7,10,19H,2,8-9,11H2,1H3,(H,20,21)/b5-4-,13-3+. The lowest BCUT2D eigenvalue weighted by atomic mass is 10.1. The number of carboxylic acids is 1. The first-order valence-corrected chi connectivity index (χ1v) is 7.13. The molecule has 4 nitrogen and oxygen atoms in total. The molecule has 0 aliphatic rings. The molecule has 0 bridgehead atoms. The Labute approximate surface area is 135 Å². The number of aliphatic hydroxyl groups excluding tert-OH is 1. The number of hydrogen-bond acceptors (Lipinski definition) is 3. The maximum atomic E-state index is 11.1. The average Bonchev–Trinajstić information content (AvgIpc) is 2.49. The molecule has 0 heterocycles. The molecule has 118 valence electrons. The van der Waals surface area contributed by atoms with Crippen molar-refractivity contribution in [3.63, 3.8) is 0 Å². The fourth-order valence-corrected chi connectivity index (χ4v) is 1.96. The van der Waals surface area contributed by atoms with E-state index in [4.69, 9.17) is 26.6 Å². The molecule has 1 aromatic carbocycles. The lowest BCUT2D eigenvalue weighted by Gasteiger charge is -2.09. The first-order valence-electron chi connectivity index (χ1n) is 6.75. The van der Waals surface area contributed by atoms with Gasteiger partial charge >= 0.3 is 5.97 Å². The van der Waals surface area contributed by atoms with E-state index in [1.54, 1.807) is 18.2 Å². The highest BCUT2D eigenvalue weighted by Crippen LogP contribution is 2.18. The number of hydrogen-bond donors (Lipinski definition) is 2. The van der Waals surface area contributed by atoms with Crippen molar-refractivity contribution in [2.24, 2.45) is 0 Å². The van der Waals surface area contributed by atoms with Crippen LogP contribution in [0.2, 0.25) is 5.02 Å². The molecule has 1 rings (SSSR count). The number of carbonyl (C=O) groups is 1. The van der Waals surface area contributed by atoms with Gasteiger partial charge < -0.3 is 14.9 Å². The quantitative estimate of drug-likeness (QED) is 0.561. The van der Waals surface area contributed by atoms with Crippen LogP contribution in [0.15, 0.2) is 54.3 Å². The molecule has 0 atom stereocenters. The molecule has 0 aliphatic heterocycles. The highest BCUT2D eigenvalue weighted by molar-refractivity contribution is 6.30. The fraction of sp³-hybridized carbons (Fsp3) is 0.235. The summed E-state index contributed by atoms with van der Waals surface area (Å²) in [5, 5.41) is 18.5. The lowest BCUT2D eigenvalue weighted by molar-refractivity contribution is 0.0692. The van der Waals surface area contributed by atoms with Crippen molar-refractivity contribution < 1.29 is 19.7 Å². The second-order valence-electron chi connectivity index (χ2n) is 4.53. The molecule has 0 fully saturated rings. The SMILES string of the molecule is C=C(/C=C\C(=C/C)CCO)OCc1cc(Cl)ccc1C(=O)O. The van der Waals surface area contributed by atoms with Crippen LogP contribution in [-0.4, -0.2) is 22.8 Å². The van der Waals surface area contributed by atoms with E-state index in [0.717, 1.165) is 5.57 Å². The Morgan fingerprint density at radius 3 is 2.73 bits per heavy atom. The normalized spacial score (nSPS) is 11.7. The van der Waals surface area contributed by atoms with Gasteiger partial charge in [0, 0.05) is 17.2 Å². The molecule has 0 amide bonds. The van der Waals surface area contributed by atoms with Crippen LogP contribution >= 0.6 is 11.6 Å². The maximum Gasteiger partial charge on any atom is 0.336 e. The first kappa shape index (κ1) is 18.0. The van der Waals surface area contributed by atoms with E-state index >= 15 is 0 Å². The topological polar surface area (TPSA) is 66.8 Å². The second kappa shape index (κ2) is 9.07. The van der Waals surface area contributed by atoms with Crippen LogP contribution in [0.3, 0.4) is 0 Å². The summed E-state index contributed by atoms with van der Waals surface area (Å²) in [6.45, 7) is 5.77. The summed E-state index contributed by atoms with van der Waals surface area (Å²) >= 11 is 5.88. The number of allylic oxidation sites excluding steroid dienone is 3. The van der Waals surface area contributed by atoms with E-state index in [0.29, 0.717) is 22.8 Å². The summed E-state index contributed by atoms with van der Waals surface area (Å²) in [6, 6.07) is 4.53. The van der Waals surface area contributed by atoms with Crippen LogP contribution in [0.4, 0.5) is 0 Å². The fourth-order valence-electron chi connectivity index (χ4n) is 1.76. The zero-order chi connectivity index (χ0) is 16.5. The zero-order valence-electron chi connectivity index (χ0n) is 12.4. The number of aromatic carboxylic acids is 1. The highest BCUT2D eigenvalue weighted by Gasteiger charge is 2.10. The van der Waals surface area contributed by atoms with Crippen LogP contribution in [0.1, 0.15) is 29.3 Å². The molecule has 0 aromatic heterocycles. The van der Waals surface area contributed by atoms with E-state index < -0.39 is 5.97 Å². The Balaban J connectivity index is 2.70. The van der Waals surface area contributed by atoms with Crippen molar-refractivity contribution in [1.29, 1.82) is 0 Å². The van der Waals surface area contributed by atoms with Gasteiger partial charge in [-0.05, 0) is 43.2 Å². The zero-order valence-corrected chi connectivity index (χ0v) is 13.1. The molecule has 0 spiro atoms. The minimum Gasteiger partial charge on any atom is -0.490 e. The van der Waals surface area contributed by atoms with Crippen LogP contribution in [0.5, 0.6) is 0 Å². The number of ether oxygens (including phenoxy) is 1. The summed E-state index contributed by atoms with van der Waals surface area (Å²) in [5.74, 6) is -0.635. The summed E-state index contributed by atoms with van der Waals surface area (Å²) in [4.78, 5) is 11.1. The molecule has 0 radical (unpaired) electrons. The summed E-state index contributed by atoms with van der Waals surface area (Å²) < 4.78 is 5.45. The maximum absolute atomic E-state index is 11.1. The van der Waals surface area contributed by atoms with Crippen LogP contribution in [0, 0.1) is 0 Å². The first-order chi connectivity index (χ1) is 10.5. The average molecular weight is 323 g/mol. The van der Waals surface area contributed by atoms with Crippen molar-refractivity contribution in [1.82, 2.24) is 0 Å². The third-order valence-electron chi connectivity index (χ3n) is 2.97. The third kappa shape index (κ3) is 5.76. The molecule has 0 aliphatic carbocycles. The highest BCUT2D eigenvalue weighted by atomic mass is 35.5. The molecule has 0 unspecified atom stereocenters. The Morgan fingerprint density at radius 1 is 1.41 bits per heavy atom. The van der Waals surface area contributed by atoms with E-state index in [1.807, 2.05) is 13.0 Å². The van der Waals surface area contributed by atoms with E-state index in [1.165, 1.54) is 12.1 Å². The van der Waals surface area contributed by atoms with Gasteiger partial charge in [0.25, 0.3) is 0 Å². The lowest BCUT2D eigenvalue weighted by Crippen LogP contribution is -2.03. The Hall–Kier alpha value is -2.04. The predicted octanol–water partition coefficient (Wildman–Crippen LogP) is 3.95. The van der Waals surface area contributed by atoms with Crippen molar-refractivity contribution >= 4 is 17.6 Å². The van der Waals surface area contributed by atoms with Gasteiger partial charge in [0.2, 0.25) is 0 Å². The van der Waals surface area contributed by atoms with Crippen molar-refractivity contribution in [3.05, 3.63) is 70.5 Å². The number of benzene rings is 1. The molecule has 2 N–H and O–H groups in total. The monoisotopic (exact) mass is 322 g/mol. The number of carboxylic acid groups (broad SMARTS) is 1.